The number of fused-ring (bicyclic) bond motifs is 1. The van der Waals surface area contributed by atoms with E-state index in [1.54, 1.807) is 12.1 Å². The molecule has 2 aromatic rings. The second kappa shape index (κ2) is 6.74. The number of carbonyl (C=O) groups is 1. The van der Waals surface area contributed by atoms with Gasteiger partial charge in [0.1, 0.15) is 6.10 Å². The van der Waals surface area contributed by atoms with Crippen LogP contribution >= 0.6 is 0 Å². The molecule has 2 aliphatic heterocycles. The molecule has 1 amide bonds. The van der Waals surface area contributed by atoms with Gasteiger partial charge in [0.25, 0.3) is 15.9 Å². The van der Waals surface area contributed by atoms with Crippen LogP contribution in [0.25, 0.3) is 0 Å². The summed E-state index contributed by atoms with van der Waals surface area (Å²) in [5.74, 6) is -0.188. The van der Waals surface area contributed by atoms with Crippen LogP contribution in [0.15, 0.2) is 53.4 Å². The number of carbonyl (C=O) groups excluding carboxylic acids is 1. The Morgan fingerprint density at radius 1 is 1.12 bits per heavy atom. The van der Waals surface area contributed by atoms with E-state index < -0.39 is 16.1 Å². The highest BCUT2D eigenvalue weighted by Crippen LogP contribution is 2.32. The summed E-state index contributed by atoms with van der Waals surface area (Å²) in [4.78, 5) is 12.3. The number of benzene rings is 2. The van der Waals surface area contributed by atoms with E-state index in [1.165, 1.54) is 16.4 Å². The molecule has 0 spiro atoms. The van der Waals surface area contributed by atoms with Gasteiger partial charge in [-0.2, -0.15) is 0 Å². The van der Waals surface area contributed by atoms with Crippen molar-refractivity contribution in [2.75, 3.05) is 22.8 Å². The van der Waals surface area contributed by atoms with Crippen LogP contribution in [0.3, 0.4) is 0 Å². The minimum atomic E-state index is -3.62. The van der Waals surface area contributed by atoms with Crippen LogP contribution in [-0.2, 0) is 26.0 Å². The first-order valence-electron chi connectivity index (χ1n) is 8.69. The van der Waals surface area contributed by atoms with Crippen LogP contribution in [0, 0.1) is 0 Å². The molecule has 1 fully saturated rings. The number of anilines is 2. The molecule has 0 radical (unpaired) electrons. The lowest BCUT2D eigenvalue weighted by molar-refractivity contribution is -0.124. The molecule has 0 saturated carbocycles. The van der Waals surface area contributed by atoms with Crippen molar-refractivity contribution in [2.24, 2.45) is 0 Å². The molecule has 1 N–H and O–H groups in total. The van der Waals surface area contributed by atoms with E-state index >= 15 is 0 Å². The Hall–Kier alpha value is -2.38. The highest BCUT2D eigenvalue weighted by Gasteiger charge is 2.30. The van der Waals surface area contributed by atoms with Crippen molar-refractivity contribution in [3.63, 3.8) is 0 Å². The SMILES string of the molecule is O=C(Nc1ccc(S(=O)(=O)N2CCc3ccccc32)cc1)C1CCCO1. The van der Waals surface area contributed by atoms with Crippen LogP contribution in [0.1, 0.15) is 18.4 Å². The van der Waals surface area contributed by atoms with Gasteiger partial charge >= 0.3 is 0 Å². The van der Waals surface area contributed by atoms with Gasteiger partial charge in [0.15, 0.2) is 0 Å². The average molecular weight is 372 g/mol. The molecule has 1 saturated heterocycles. The first kappa shape index (κ1) is 17.1. The Bertz CT molecular complexity index is 919. The van der Waals surface area contributed by atoms with E-state index in [1.807, 2.05) is 24.3 Å². The first-order valence-corrected chi connectivity index (χ1v) is 10.1. The van der Waals surface area contributed by atoms with Crippen molar-refractivity contribution < 1.29 is 17.9 Å². The summed E-state index contributed by atoms with van der Waals surface area (Å²) in [7, 11) is -3.62. The van der Waals surface area contributed by atoms with Gasteiger partial charge in [-0.25, -0.2) is 8.42 Å². The Labute approximate surface area is 152 Å². The molecule has 6 nitrogen and oxygen atoms in total. The summed E-state index contributed by atoms with van der Waals surface area (Å²) in [5, 5.41) is 2.78. The number of hydrogen-bond acceptors (Lipinski definition) is 4. The fourth-order valence-corrected chi connectivity index (χ4v) is 4.91. The Morgan fingerprint density at radius 3 is 2.62 bits per heavy atom. The Balaban J connectivity index is 1.52. The zero-order valence-electron chi connectivity index (χ0n) is 14.2. The number of rotatable bonds is 4. The number of para-hydroxylation sites is 1. The van der Waals surface area contributed by atoms with Crippen molar-refractivity contribution in [1.29, 1.82) is 0 Å². The molecular weight excluding hydrogens is 352 g/mol. The normalized spacial score (nSPS) is 19.4. The topological polar surface area (TPSA) is 75.7 Å². The molecule has 26 heavy (non-hydrogen) atoms. The van der Waals surface area contributed by atoms with E-state index in [0.29, 0.717) is 31.7 Å². The second-order valence-corrected chi connectivity index (χ2v) is 8.33. The highest BCUT2D eigenvalue weighted by molar-refractivity contribution is 7.92. The van der Waals surface area contributed by atoms with E-state index in [-0.39, 0.29) is 10.8 Å². The minimum Gasteiger partial charge on any atom is -0.368 e. The van der Waals surface area contributed by atoms with E-state index in [0.717, 1.165) is 17.7 Å². The highest BCUT2D eigenvalue weighted by atomic mass is 32.2. The molecule has 0 bridgehead atoms. The van der Waals surface area contributed by atoms with Crippen molar-refractivity contribution in [2.45, 2.75) is 30.3 Å². The van der Waals surface area contributed by atoms with Gasteiger partial charge in [0.2, 0.25) is 0 Å². The summed E-state index contributed by atoms with van der Waals surface area (Å²) in [6.07, 6.45) is 1.89. The summed E-state index contributed by atoms with van der Waals surface area (Å²) in [6.45, 7) is 1.05. The molecule has 1 unspecified atom stereocenters. The lowest BCUT2D eigenvalue weighted by Gasteiger charge is -2.19. The number of amides is 1. The van der Waals surface area contributed by atoms with Crippen molar-refractivity contribution in [3.05, 3.63) is 54.1 Å². The predicted molar refractivity (Wildman–Crippen MR) is 98.7 cm³/mol. The quantitative estimate of drug-likeness (QED) is 0.895. The maximum Gasteiger partial charge on any atom is 0.264 e. The molecule has 0 aliphatic carbocycles. The molecule has 7 heteroatoms. The van der Waals surface area contributed by atoms with Gasteiger partial charge in [-0.15, -0.1) is 0 Å². The fraction of sp³-hybridized carbons (Fsp3) is 0.316. The molecule has 136 valence electrons. The molecule has 2 heterocycles. The van der Waals surface area contributed by atoms with Gasteiger partial charge in [0.05, 0.1) is 10.6 Å². The van der Waals surface area contributed by atoms with E-state index in [9.17, 15) is 13.2 Å². The zero-order chi connectivity index (χ0) is 18.1. The minimum absolute atomic E-state index is 0.188. The molecule has 1 atom stereocenters. The first-order chi connectivity index (χ1) is 12.6. The maximum absolute atomic E-state index is 13.0. The number of nitrogens with one attached hydrogen (secondary N) is 1. The summed E-state index contributed by atoms with van der Waals surface area (Å²) >= 11 is 0. The average Bonchev–Trinajstić information content (AvgIpc) is 3.32. The van der Waals surface area contributed by atoms with Crippen LogP contribution in [-0.4, -0.2) is 33.6 Å². The molecule has 0 aromatic heterocycles. The standard InChI is InChI=1S/C19H20N2O4S/c22-19(18-6-3-13-25-18)20-15-7-9-16(10-8-15)26(23,24)21-12-11-14-4-1-2-5-17(14)21/h1-2,4-5,7-10,18H,3,6,11-13H2,(H,20,22). The maximum atomic E-state index is 13.0. The van der Waals surface area contributed by atoms with Gasteiger partial charge in [-0.1, -0.05) is 18.2 Å². The number of sulfonamides is 1. The van der Waals surface area contributed by atoms with Crippen molar-refractivity contribution in [1.82, 2.24) is 0 Å². The van der Waals surface area contributed by atoms with Crippen molar-refractivity contribution >= 4 is 27.3 Å². The zero-order valence-corrected chi connectivity index (χ0v) is 15.0. The van der Waals surface area contributed by atoms with E-state index in [2.05, 4.69) is 5.32 Å². The number of nitrogens with zero attached hydrogens (tertiary/aromatic N) is 1. The monoisotopic (exact) mass is 372 g/mol. The smallest absolute Gasteiger partial charge is 0.264 e. The molecule has 2 aromatic carbocycles. The van der Waals surface area contributed by atoms with Crippen LogP contribution < -0.4 is 9.62 Å². The Kier molecular flexibility index (Phi) is 4.42. The summed E-state index contributed by atoms with van der Waals surface area (Å²) < 4.78 is 32.7. The van der Waals surface area contributed by atoms with Crippen LogP contribution in [0.2, 0.25) is 0 Å². The third kappa shape index (κ3) is 3.08. The number of ether oxygens (including phenoxy) is 1. The molecule has 2 aliphatic rings. The molecular formula is C19H20N2O4S. The lowest BCUT2D eigenvalue weighted by Crippen LogP contribution is -2.29. The van der Waals surface area contributed by atoms with Crippen LogP contribution in [0.5, 0.6) is 0 Å². The fourth-order valence-electron chi connectivity index (χ4n) is 3.40. The third-order valence-corrected chi connectivity index (χ3v) is 6.60. The number of hydrogen-bond donors (Lipinski definition) is 1. The van der Waals surface area contributed by atoms with Gasteiger partial charge in [-0.3, -0.25) is 9.10 Å². The van der Waals surface area contributed by atoms with Gasteiger partial charge < -0.3 is 10.1 Å². The van der Waals surface area contributed by atoms with Gasteiger partial charge in [0, 0.05) is 18.8 Å². The second-order valence-electron chi connectivity index (χ2n) is 6.47. The van der Waals surface area contributed by atoms with Crippen molar-refractivity contribution in [3.8, 4) is 0 Å². The van der Waals surface area contributed by atoms with Crippen LogP contribution in [0.4, 0.5) is 11.4 Å². The third-order valence-electron chi connectivity index (χ3n) is 4.78. The van der Waals surface area contributed by atoms with Gasteiger partial charge in [-0.05, 0) is 55.2 Å². The van der Waals surface area contributed by atoms with E-state index in [4.69, 9.17) is 4.74 Å². The summed E-state index contributed by atoms with van der Waals surface area (Å²) in [5.41, 5.74) is 2.34. The molecule has 4 rings (SSSR count). The largest absolute Gasteiger partial charge is 0.368 e. The Morgan fingerprint density at radius 2 is 1.88 bits per heavy atom. The predicted octanol–water partition coefficient (Wildman–Crippen LogP) is 2.56. The summed E-state index contributed by atoms with van der Waals surface area (Å²) in [6, 6.07) is 13.8. The lowest BCUT2D eigenvalue weighted by atomic mass is 10.2.